The Morgan fingerprint density at radius 1 is 1.33 bits per heavy atom. The SMILES string of the molecule is COc1cccc([C@@H]2CC(c3cccs3)=NN2C(=O)CCCC(=O)[O-])c1O. The zero-order valence-corrected chi connectivity index (χ0v) is 15.6. The number of rotatable bonds is 7. The molecule has 1 amide bonds. The highest BCUT2D eigenvalue weighted by atomic mass is 32.1. The number of para-hydroxylation sites is 1. The molecule has 1 aliphatic heterocycles. The Hall–Kier alpha value is -2.87. The number of hydrazone groups is 1. The summed E-state index contributed by atoms with van der Waals surface area (Å²) in [5.74, 6) is -1.19. The lowest BCUT2D eigenvalue weighted by Crippen LogP contribution is -2.28. The van der Waals surface area contributed by atoms with E-state index in [-0.39, 0.29) is 30.9 Å². The van der Waals surface area contributed by atoms with Gasteiger partial charge >= 0.3 is 0 Å². The lowest BCUT2D eigenvalue weighted by molar-refractivity contribution is -0.305. The van der Waals surface area contributed by atoms with Crippen molar-refractivity contribution in [3.8, 4) is 11.5 Å². The molecule has 2 aromatic rings. The van der Waals surface area contributed by atoms with Gasteiger partial charge in [-0.2, -0.15) is 5.10 Å². The zero-order valence-electron chi connectivity index (χ0n) is 14.8. The molecule has 3 rings (SSSR count). The molecule has 0 saturated carbocycles. The van der Waals surface area contributed by atoms with E-state index < -0.39 is 12.0 Å². The minimum atomic E-state index is -1.19. The van der Waals surface area contributed by atoms with Crippen LogP contribution in [0.5, 0.6) is 11.5 Å². The van der Waals surface area contributed by atoms with Crippen molar-refractivity contribution in [3.63, 3.8) is 0 Å². The Balaban J connectivity index is 1.89. The number of nitrogens with zero attached hydrogens (tertiary/aromatic N) is 2. The van der Waals surface area contributed by atoms with E-state index in [1.807, 2.05) is 17.5 Å². The number of methoxy groups -OCH3 is 1. The van der Waals surface area contributed by atoms with Gasteiger partial charge in [0.15, 0.2) is 11.5 Å². The van der Waals surface area contributed by atoms with Crippen LogP contribution in [0.4, 0.5) is 0 Å². The summed E-state index contributed by atoms with van der Waals surface area (Å²) in [6.45, 7) is 0. The number of carboxylic acid groups (broad SMARTS) is 1. The molecule has 1 aliphatic rings. The van der Waals surface area contributed by atoms with Gasteiger partial charge in [0.05, 0.1) is 23.7 Å². The van der Waals surface area contributed by atoms with Crippen LogP contribution in [0.15, 0.2) is 40.8 Å². The largest absolute Gasteiger partial charge is 0.550 e. The summed E-state index contributed by atoms with van der Waals surface area (Å²) in [6.07, 6.45) is 0.485. The lowest BCUT2D eigenvalue weighted by Gasteiger charge is -2.23. The fraction of sp³-hybridized carbons (Fsp3) is 0.316. The first kappa shape index (κ1) is 18.9. The first-order valence-electron chi connectivity index (χ1n) is 8.50. The Morgan fingerprint density at radius 3 is 2.81 bits per heavy atom. The van der Waals surface area contributed by atoms with Crippen molar-refractivity contribution in [1.29, 1.82) is 0 Å². The van der Waals surface area contributed by atoms with Gasteiger partial charge in [0.25, 0.3) is 0 Å². The minimum absolute atomic E-state index is 0.0276. The van der Waals surface area contributed by atoms with Crippen molar-refractivity contribution < 1.29 is 24.5 Å². The first-order valence-corrected chi connectivity index (χ1v) is 9.38. The number of hydrogen-bond acceptors (Lipinski definition) is 7. The van der Waals surface area contributed by atoms with Gasteiger partial charge < -0.3 is 19.7 Å². The molecule has 0 bridgehead atoms. The van der Waals surface area contributed by atoms with Crippen molar-refractivity contribution in [2.24, 2.45) is 5.10 Å². The molecule has 8 heteroatoms. The number of carboxylic acids is 1. The number of phenols is 1. The second-order valence-electron chi connectivity index (χ2n) is 6.11. The van der Waals surface area contributed by atoms with Gasteiger partial charge in [0, 0.05) is 24.4 Å². The summed E-state index contributed by atoms with van der Waals surface area (Å²) < 4.78 is 5.17. The van der Waals surface area contributed by atoms with Crippen LogP contribution in [0, 0.1) is 0 Å². The van der Waals surface area contributed by atoms with Crippen molar-refractivity contribution in [1.82, 2.24) is 5.01 Å². The second kappa shape index (κ2) is 8.22. The summed E-state index contributed by atoms with van der Waals surface area (Å²) in [5, 5.41) is 28.9. The highest BCUT2D eigenvalue weighted by molar-refractivity contribution is 7.12. The third-order valence-electron chi connectivity index (χ3n) is 4.35. The summed E-state index contributed by atoms with van der Waals surface area (Å²) >= 11 is 1.52. The van der Waals surface area contributed by atoms with E-state index in [9.17, 15) is 19.8 Å². The van der Waals surface area contributed by atoms with Crippen LogP contribution in [0.3, 0.4) is 0 Å². The fourth-order valence-electron chi connectivity index (χ4n) is 3.05. The van der Waals surface area contributed by atoms with Gasteiger partial charge in [0.1, 0.15) is 0 Å². The standard InChI is InChI=1S/C19H20N2O5S/c1-26-15-6-2-5-12(19(15)25)14-11-13(16-7-4-10-27-16)20-21(14)17(22)8-3-9-18(23)24/h2,4-7,10,14,25H,3,8-9,11H2,1H3,(H,23,24)/p-1/t14-/m0/s1. The van der Waals surface area contributed by atoms with E-state index in [1.165, 1.54) is 23.5 Å². The molecule has 27 heavy (non-hydrogen) atoms. The zero-order chi connectivity index (χ0) is 19.4. The predicted molar refractivity (Wildman–Crippen MR) is 98.6 cm³/mol. The highest BCUT2D eigenvalue weighted by Gasteiger charge is 2.35. The molecular formula is C19H19N2O5S-. The Labute approximate surface area is 160 Å². The topological polar surface area (TPSA) is 102 Å². The monoisotopic (exact) mass is 387 g/mol. The molecule has 1 atom stereocenters. The molecule has 1 N–H and O–H groups in total. The number of hydrogen-bond donors (Lipinski definition) is 1. The number of carbonyl (C=O) groups excluding carboxylic acids is 2. The van der Waals surface area contributed by atoms with Crippen molar-refractivity contribution in [2.45, 2.75) is 31.7 Å². The molecule has 142 valence electrons. The first-order chi connectivity index (χ1) is 13.0. The van der Waals surface area contributed by atoms with Gasteiger partial charge in [-0.25, -0.2) is 5.01 Å². The summed E-state index contributed by atoms with van der Waals surface area (Å²) in [5.41, 5.74) is 1.29. The molecule has 1 aromatic heterocycles. The maximum absolute atomic E-state index is 12.7. The Kier molecular flexibility index (Phi) is 5.75. The molecule has 0 aliphatic carbocycles. The molecule has 0 saturated heterocycles. The number of amides is 1. The average molecular weight is 387 g/mol. The van der Waals surface area contributed by atoms with Gasteiger partial charge in [-0.3, -0.25) is 4.79 Å². The smallest absolute Gasteiger partial charge is 0.243 e. The Morgan fingerprint density at radius 2 is 2.15 bits per heavy atom. The quantitative estimate of drug-likeness (QED) is 0.783. The third kappa shape index (κ3) is 4.11. The third-order valence-corrected chi connectivity index (χ3v) is 5.27. The molecule has 2 heterocycles. The van der Waals surface area contributed by atoms with Crippen LogP contribution < -0.4 is 9.84 Å². The van der Waals surface area contributed by atoms with Crippen LogP contribution in [0.25, 0.3) is 0 Å². The molecule has 7 nitrogen and oxygen atoms in total. The number of thiophene rings is 1. The molecule has 0 unspecified atom stereocenters. The number of benzene rings is 1. The minimum Gasteiger partial charge on any atom is -0.550 e. The summed E-state index contributed by atoms with van der Waals surface area (Å²) in [6, 6.07) is 8.47. The molecule has 0 fully saturated rings. The molecular weight excluding hydrogens is 368 g/mol. The fourth-order valence-corrected chi connectivity index (χ4v) is 3.77. The van der Waals surface area contributed by atoms with Gasteiger partial charge in [-0.1, -0.05) is 18.2 Å². The van der Waals surface area contributed by atoms with Crippen molar-refractivity contribution in [3.05, 3.63) is 46.2 Å². The predicted octanol–water partition coefficient (Wildman–Crippen LogP) is 2.06. The van der Waals surface area contributed by atoms with E-state index in [4.69, 9.17) is 4.74 Å². The Bertz CT molecular complexity index is 863. The number of ether oxygens (including phenoxy) is 1. The van der Waals surface area contributed by atoms with Crippen LogP contribution in [-0.2, 0) is 9.59 Å². The van der Waals surface area contributed by atoms with Crippen molar-refractivity contribution >= 4 is 28.9 Å². The maximum Gasteiger partial charge on any atom is 0.243 e. The number of aliphatic carboxylic acids is 1. The highest BCUT2D eigenvalue weighted by Crippen LogP contribution is 2.41. The van der Waals surface area contributed by atoms with Crippen LogP contribution in [0.2, 0.25) is 0 Å². The molecule has 1 aromatic carbocycles. The van der Waals surface area contributed by atoms with Crippen LogP contribution in [0.1, 0.15) is 42.2 Å². The normalized spacial score (nSPS) is 16.3. The van der Waals surface area contributed by atoms with Crippen molar-refractivity contribution in [2.75, 3.05) is 7.11 Å². The summed E-state index contributed by atoms with van der Waals surface area (Å²) in [4.78, 5) is 24.2. The molecule has 0 spiro atoms. The van der Waals surface area contributed by atoms with Crippen LogP contribution >= 0.6 is 11.3 Å². The van der Waals surface area contributed by atoms with E-state index in [1.54, 1.807) is 18.2 Å². The number of phenolic OH excluding ortho intramolecular Hbond substituents is 1. The lowest BCUT2D eigenvalue weighted by atomic mass is 9.99. The van der Waals surface area contributed by atoms with Gasteiger partial charge in [-0.05, 0) is 30.4 Å². The van der Waals surface area contributed by atoms with Gasteiger partial charge in [0.2, 0.25) is 5.91 Å². The second-order valence-corrected chi connectivity index (χ2v) is 7.05. The van der Waals surface area contributed by atoms with Gasteiger partial charge in [-0.15, -0.1) is 11.3 Å². The number of carbonyl (C=O) groups is 2. The van der Waals surface area contributed by atoms with E-state index >= 15 is 0 Å². The van der Waals surface area contributed by atoms with E-state index in [2.05, 4.69) is 5.10 Å². The average Bonchev–Trinajstić information content (AvgIpc) is 3.31. The number of aromatic hydroxyl groups is 1. The molecule has 0 radical (unpaired) electrons. The van der Waals surface area contributed by atoms with Crippen LogP contribution in [-0.4, -0.2) is 34.8 Å². The summed E-state index contributed by atoms with van der Waals surface area (Å²) in [7, 11) is 1.46. The van der Waals surface area contributed by atoms with E-state index in [0.29, 0.717) is 17.7 Å². The maximum atomic E-state index is 12.7. The van der Waals surface area contributed by atoms with E-state index in [0.717, 1.165) is 10.6 Å².